The van der Waals surface area contributed by atoms with Crippen molar-refractivity contribution >= 4 is 29.5 Å². The van der Waals surface area contributed by atoms with Gasteiger partial charge in [-0.15, -0.1) is 18.2 Å². The van der Waals surface area contributed by atoms with Crippen LogP contribution in [0.1, 0.15) is 133 Å². The number of aliphatic hydroxyl groups is 2. The van der Waals surface area contributed by atoms with Gasteiger partial charge in [0.25, 0.3) is 0 Å². The first-order chi connectivity index (χ1) is 31.3. The molecule has 5 rings (SSSR count). The number of fused-ring (bicyclic) bond motifs is 2. The first-order valence-corrected chi connectivity index (χ1v) is 24.5. The molecule has 1 fully saturated rings. The lowest BCUT2D eigenvalue weighted by Gasteiger charge is -2.59. The molecule has 2 aromatic carbocycles. The van der Waals surface area contributed by atoms with Crippen LogP contribution in [0.5, 0.6) is 11.5 Å². The summed E-state index contributed by atoms with van der Waals surface area (Å²) in [4.78, 5) is 34.7. The number of carbonyl (C=O) groups is 2. The number of aliphatic hydroxyl groups excluding tert-OH is 2. The molecule has 2 amide bonds. The van der Waals surface area contributed by atoms with Gasteiger partial charge in [-0.05, 0) is 73.3 Å². The maximum atomic E-state index is 13.8. The van der Waals surface area contributed by atoms with Crippen molar-refractivity contribution in [3.05, 3.63) is 84.0 Å². The van der Waals surface area contributed by atoms with Gasteiger partial charge in [0.15, 0.2) is 0 Å². The number of oxime groups is 1. The van der Waals surface area contributed by atoms with E-state index in [2.05, 4.69) is 24.9 Å². The molecule has 1 aliphatic heterocycles. The normalized spacial score (nSPS) is 22.7. The highest BCUT2D eigenvalue weighted by molar-refractivity contribution is 6.18. The second-order valence-electron chi connectivity index (χ2n) is 17.4. The summed E-state index contributed by atoms with van der Waals surface area (Å²) in [6, 6.07) is 14.5. The van der Waals surface area contributed by atoms with E-state index in [-0.39, 0.29) is 63.1 Å². The number of carbonyl (C=O) groups excluding carboxylic acids is 2. The lowest BCUT2D eigenvalue weighted by molar-refractivity contribution is -0.253. The van der Waals surface area contributed by atoms with Crippen LogP contribution in [0, 0.1) is 17.8 Å². The van der Waals surface area contributed by atoms with Gasteiger partial charge >= 0.3 is 12.2 Å². The van der Waals surface area contributed by atoms with Gasteiger partial charge in [-0.25, -0.2) is 9.59 Å². The van der Waals surface area contributed by atoms with E-state index in [9.17, 15) is 19.8 Å². The first-order valence-electron chi connectivity index (χ1n) is 24.0. The molecule has 3 aliphatic rings. The topological polar surface area (TPSA) is 148 Å². The highest BCUT2D eigenvalue weighted by Gasteiger charge is 2.65. The molecular weight excluding hydrogens is 834 g/mol. The monoisotopic (exact) mass is 908 g/mol. The van der Waals surface area contributed by atoms with Crippen molar-refractivity contribution in [3.63, 3.8) is 0 Å². The number of unbranched alkanes of at least 4 members (excludes halogenated alkanes) is 11. The fourth-order valence-electron chi connectivity index (χ4n) is 9.85. The number of hydrogen-bond acceptors (Lipinski definition) is 10. The van der Waals surface area contributed by atoms with Gasteiger partial charge in [0, 0.05) is 44.7 Å². The molecule has 13 heteroatoms. The molecule has 0 radical (unpaired) electrons. The molecule has 1 saturated carbocycles. The van der Waals surface area contributed by atoms with E-state index in [1.165, 1.54) is 49.8 Å². The smallest absolute Gasteiger partial charge is 0.412 e. The molecule has 0 aromatic heterocycles. The van der Waals surface area contributed by atoms with E-state index in [0.29, 0.717) is 36.6 Å². The molecule has 64 heavy (non-hydrogen) atoms. The minimum Gasteiger partial charge on any atom is -0.459 e. The van der Waals surface area contributed by atoms with Gasteiger partial charge in [0.2, 0.25) is 5.79 Å². The first kappa shape index (κ1) is 50.9. The molecular formula is C51H74ClN3O9. The predicted octanol–water partition coefficient (Wildman–Crippen LogP) is 10.8. The fourth-order valence-corrected chi connectivity index (χ4v) is 9.93. The Morgan fingerprint density at radius 2 is 1.66 bits per heavy atom. The van der Waals surface area contributed by atoms with Crippen molar-refractivity contribution in [1.82, 2.24) is 10.2 Å². The van der Waals surface area contributed by atoms with Crippen LogP contribution in [0.3, 0.4) is 0 Å². The maximum Gasteiger partial charge on any atom is 0.412 e. The van der Waals surface area contributed by atoms with Crippen LogP contribution in [0.4, 0.5) is 9.59 Å². The standard InChI is InChI=1S/C51H74ClN3O9/c1-4-6-7-8-9-10-11-12-13-19-29-53-49(58)63-40-26-27-45-43(35-40)47-41(25-18-21-31-57)39(24-17-20-30-56)34-42-44(54-62-37-38-22-15-14-16-23-38)36-46(55(3)50(59)60-33-28-52)51(64-45,48(42)47)61-32-5-2/h5,14-16,22-23,26-27,34-35,39,41,46-48,56-57H,2,4,6-13,17-21,24-25,28-33,36-37H2,1,3H3,(H,53,58). The average Bonchev–Trinajstić information content (AvgIpc) is 3.30. The Balaban J connectivity index is 1.51. The van der Waals surface area contributed by atoms with Crippen molar-refractivity contribution in [2.75, 3.05) is 45.9 Å². The number of halogens is 1. The zero-order chi connectivity index (χ0) is 45.6. The third kappa shape index (κ3) is 14.0. The molecule has 12 nitrogen and oxygen atoms in total. The van der Waals surface area contributed by atoms with E-state index in [1.807, 2.05) is 42.5 Å². The summed E-state index contributed by atoms with van der Waals surface area (Å²) in [5.74, 6) is -1.11. The van der Waals surface area contributed by atoms with E-state index < -0.39 is 29.9 Å². The summed E-state index contributed by atoms with van der Waals surface area (Å²) in [5.41, 5.74) is 3.38. The van der Waals surface area contributed by atoms with Crippen molar-refractivity contribution in [2.45, 2.75) is 140 Å². The summed E-state index contributed by atoms with van der Waals surface area (Å²) in [6.45, 7) is 7.31. The van der Waals surface area contributed by atoms with Gasteiger partial charge in [-0.1, -0.05) is 125 Å². The summed E-state index contributed by atoms with van der Waals surface area (Å²) >= 11 is 5.97. The zero-order valence-corrected chi connectivity index (χ0v) is 39.1. The van der Waals surface area contributed by atoms with Crippen LogP contribution >= 0.6 is 11.6 Å². The van der Waals surface area contributed by atoms with Crippen LogP contribution in [0.2, 0.25) is 0 Å². The number of benzene rings is 2. The highest BCUT2D eigenvalue weighted by atomic mass is 35.5. The van der Waals surface area contributed by atoms with Crippen LogP contribution in [-0.2, 0) is 20.9 Å². The number of hydrogen-bond donors (Lipinski definition) is 3. The molecule has 1 heterocycles. The summed E-state index contributed by atoms with van der Waals surface area (Å²) in [5, 5.41) is 27.6. The summed E-state index contributed by atoms with van der Waals surface area (Å²) < 4.78 is 25.7. The second-order valence-corrected chi connectivity index (χ2v) is 17.8. The van der Waals surface area contributed by atoms with Gasteiger partial charge in [-0.3, -0.25) is 0 Å². The number of alkyl halides is 1. The second kappa shape index (κ2) is 27.4. The Bertz CT molecular complexity index is 1790. The van der Waals surface area contributed by atoms with Crippen LogP contribution in [-0.4, -0.2) is 90.7 Å². The van der Waals surface area contributed by atoms with Gasteiger partial charge in [-0.2, -0.15) is 0 Å². The van der Waals surface area contributed by atoms with E-state index in [4.69, 9.17) is 40.5 Å². The third-order valence-corrected chi connectivity index (χ3v) is 13.1. The van der Waals surface area contributed by atoms with Crippen LogP contribution in [0.25, 0.3) is 0 Å². The quantitative estimate of drug-likeness (QED) is 0.0314. The third-order valence-electron chi connectivity index (χ3n) is 13.0. The number of likely N-dealkylation sites (N-methyl/N-ethyl adjacent to an activating group) is 1. The number of rotatable bonds is 29. The molecule has 2 aliphatic carbocycles. The Labute approximate surface area is 386 Å². The van der Waals surface area contributed by atoms with Crippen molar-refractivity contribution < 1.29 is 43.6 Å². The molecule has 0 saturated heterocycles. The fraction of sp³-hybridized carbons (Fsp3) is 0.627. The number of allylic oxidation sites excluding steroid dienone is 1. The van der Waals surface area contributed by atoms with Crippen molar-refractivity contribution in [2.24, 2.45) is 22.9 Å². The lowest BCUT2D eigenvalue weighted by atomic mass is 9.55. The van der Waals surface area contributed by atoms with Gasteiger partial charge < -0.3 is 44.2 Å². The lowest BCUT2D eigenvalue weighted by Crippen LogP contribution is -2.69. The summed E-state index contributed by atoms with van der Waals surface area (Å²) in [6.07, 6.45) is 19.6. The van der Waals surface area contributed by atoms with E-state index in [1.54, 1.807) is 19.2 Å². The highest BCUT2D eigenvalue weighted by Crippen LogP contribution is 2.61. The molecule has 0 bridgehead atoms. The molecule has 6 unspecified atom stereocenters. The number of ether oxygens (including phenoxy) is 4. The average molecular weight is 909 g/mol. The van der Waals surface area contributed by atoms with Gasteiger partial charge in [0.1, 0.15) is 30.8 Å². The van der Waals surface area contributed by atoms with Crippen molar-refractivity contribution in [3.8, 4) is 11.5 Å². The molecule has 354 valence electrons. The minimum absolute atomic E-state index is 0.00695. The summed E-state index contributed by atoms with van der Waals surface area (Å²) in [7, 11) is 1.68. The van der Waals surface area contributed by atoms with Gasteiger partial charge in [0.05, 0.1) is 24.1 Å². The molecule has 6 atom stereocenters. The van der Waals surface area contributed by atoms with E-state index >= 15 is 0 Å². The number of amides is 2. The predicted molar refractivity (Wildman–Crippen MR) is 252 cm³/mol. The van der Waals surface area contributed by atoms with Crippen LogP contribution < -0.4 is 14.8 Å². The minimum atomic E-state index is -1.44. The Morgan fingerprint density at radius 1 is 0.953 bits per heavy atom. The van der Waals surface area contributed by atoms with E-state index in [0.717, 1.165) is 61.6 Å². The SMILES string of the molecule is C=CCOC12Oc3ccc(OC(=O)NCCCCCCCCCCCC)cc3C3C(CCCCO)C(CCCCO)C=C(C(=NOCc4ccccc4)CC1N(C)C(=O)OCCCl)C32. The Kier molecular flexibility index (Phi) is 21.8. The molecule has 2 aromatic rings. The largest absolute Gasteiger partial charge is 0.459 e. The molecule has 0 spiro atoms. The Morgan fingerprint density at radius 3 is 2.34 bits per heavy atom. The zero-order valence-electron chi connectivity index (χ0n) is 38.4. The Hall–Kier alpha value is -4.10. The van der Waals surface area contributed by atoms with Crippen LogP contribution in [0.15, 0.2) is 78.0 Å². The number of nitrogens with zero attached hydrogens (tertiary/aromatic N) is 2. The maximum absolute atomic E-state index is 13.8. The number of nitrogens with one attached hydrogen (secondary N) is 1. The van der Waals surface area contributed by atoms with Crippen molar-refractivity contribution in [1.29, 1.82) is 0 Å². The molecule has 3 N–H and O–H groups in total.